The summed E-state index contributed by atoms with van der Waals surface area (Å²) in [4.78, 5) is 7.91. The number of benzene rings is 1. The number of halogens is 2. The first-order valence-corrected chi connectivity index (χ1v) is 8.36. The van der Waals surface area contributed by atoms with Crippen molar-refractivity contribution >= 4 is 9.84 Å². The van der Waals surface area contributed by atoms with Gasteiger partial charge in [0, 0.05) is 31.1 Å². The second-order valence-electron chi connectivity index (χ2n) is 4.95. The molecule has 0 bridgehead atoms. The first-order valence-electron chi connectivity index (χ1n) is 6.71. The summed E-state index contributed by atoms with van der Waals surface area (Å²) >= 11 is 0. The van der Waals surface area contributed by atoms with Gasteiger partial charge < -0.3 is 0 Å². The van der Waals surface area contributed by atoms with Crippen molar-refractivity contribution in [2.45, 2.75) is 10.9 Å². The van der Waals surface area contributed by atoms with E-state index >= 15 is 0 Å². The van der Waals surface area contributed by atoms with E-state index in [2.05, 4.69) is 20.2 Å². The third-order valence-corrected chi connectivity index (χ3v) is 4.87. The zero-order valence-corrected chi connectivity index (χ0v) is 13.2. The molecule has 0 spiro atoms. The summed E-state index contributed by atoms with van der Waals surface area (Å²) in [6.45, 7) is 0. The van der Waals surface area contributed by atoms with Gasteiger partial charge in [-0.2, -0.15) is 0 Å². The summed E-state index contributed by atoms with van der Waals surface area (Å²) in [5.74, 6) is -2.17. The van der Waals surface area contributed by atoms with Gasteiger partial charge in [-0.1, -0.05) is 6.07 Å². The highest BCUT2D eigenvalue weighted by Crippen LogP contribution is 2.21. The SMILES string of the molecule is Cn1c(-c2cnccn2)nnc1S(=O)(=O)Cc1ccc(F)cc1F. The second-order valence-corrected chi connectivity index (χ2v) is 6.83. The van der Waals surface area contributed by atoms with E-state index < -0.39 is 27.2 Å². The molecule has 0 fully saturated rings. The van der Waals surface area contributed by atoms with Gasteiger partial charge in [-0.15, -0.1) is 10.2 Å². The fourth-order valence-electron chi connectivity index (χ4n) is 2.13. The number of aromatic nitrogens is 5. The largest absolute Gasteiger partial charge is 0.300 e. The van der Waals surface area contributed by atoms with Gasteiger partial charge in [0.2, 0.25) is 15.0 Å². The molecule has 0 atom stereocenters. The molecule has 0 saturated heterocycles. The summed E-state index contributed by atoms with van der Waals surface area (Å²) in [6.07, 6.45) is 4.32. The topological polar surface area (TPSA) is 90.6 Å². The quantitative estimate of drug-likeness (QED) is 0.708. The van der Waals surface area contributed by atoms with Crippen LogP contribution in [0.4, 0.5) is 8.78 Å². The molecule has 0 N–H and O–H groups in total. The number of hydrogen-bond acceptors (Lipinski definition) is 6. The van der Waals surface area contributed by atoms with Crippen LogP contribution in [0.2, 0.25) is 0 Å². The van der Waals surface area contributed by atoms with Crippen LogP contribution < -0.4 is 0 Å². The number of hydrogen-bond donors (Lipinski definition) is 0. The summed E-state index contributed by atoms with van der Waals surface area (Å²) in [5, 5.41) is 7.13. The minimum Gasteiger partial charge on any atom is -0.300 e. The summed E-state index contributed by atoms with van der Waals surface area (Å²) in [6, 6.07) is 2.71. The Hall–Kier alpha value is -2.75. The highest BCUT2D eigenvalue weighted by Gasteiger charge is 2.25. The van der Waals surface area contributed by atoms with E-state index in [-0.39, 0.29) is 16.5 Å². The average Bonchev–Trinajstić information content (AvgIpc) is 2.93. The minimum absolute atomic E-state index is 0.152. The maximum absolute atomic E-state index is 13.7. The van der Waals surface area contributed by atoms with Crippen molar-refractivity contribution in [3.8, 4) is 11.5 Å². The lowest BCUT2D eigenvalue weighted by atomic mass is 10.2. The van der Waals surface area contributed by atoms with Gasteiger partial charge in [-0.05, 0) is 6.07 Å². The molecule has 2 aromatic heterocycles. The Balaban J connectivity index is 1.98. The van der Waals surface area contributed by atoms with Crippen molar-refractivity contribution in [1.82, 2.24) is 24.7 Å². The molecule has 10 heteroatoms. The van der Waals surface area contributed by atoms with Crippen LogP contribution in [-0.2, 0) is 22.6 Å². The smallest absolute Gasteiger partial charge is 0.250 e. The number of rotatable bonds is 4. The van der Waals surface area contributed by atoms with Crippen molar-refractivity contribution in [3.05, 3.63) is 54.0 Å². The van der Waals surface area contributed by atoms with E-state index in [1.165, 1.54) is 30.2 Å². The third kappa shape index (κ3) is 3.00. The Kier molecular flexibility index (Phi) is 4.06. The van der Waals surface area contributed by atoms with Crippen molar-refractivity contribution in [2.75, 3.05) is 0 Å². The van der Waals surface area contributed by atoms with Gasteiger partial charge in [0.05, 0.1) is 11.9 Å². The molecule has 0 aliphatic heterocycles. The van der Waals surface area contributed by atoms with E-state index in [9.17, 15) is 17.2 Å². The molecule has 0 unspecified atom stereocenters. The zero-order chi connectivity index (χ0) is 17.3. The van der Waals surface area contributed by atoms with Gasteiger partial charge in [0.25, 0.3) is 0 Å². The maximum atomic E-state index is 13.7. The van der Waals surface area contributed by atoms with Crippen LogP contribution in [0.3, 0.4) is 0 Å². The van der Waals surface area contributed by atoms with Crippen LogP contribution in [-0.4, -0.2) is 33.2 Å². The molecule has 7 nitrogen and oxygen atoms in total. The van der Waals surface area contributed by atoms with Gasteiger partial charge in [-0.3, -0.25) is 9.55 Å². The predicted molar refractivity (Wildman–Crippen MR) is 79.3 cm³/mol. The lowest BCUT2D eigenvalue weighted by Crippen LogP contribution is -2.12. The summed E-state index contributed by atoms with van der Waals surface area (Å²) in [7, 11) is -2.53. The minimum atomic E-state index is -3.99. The van der Waals surface area contributed by atoms with Crippen molar-refractivity contribution in [1.29, 1.82) is 0 Å². The third-order valence-electron chi connectivity index (χ3n) is 3.27. The maximum Gasteiger partial charge on any atom is 0.250 e. The molecule has 124 valence electrons. The molecule has 2 heterocycles. The molecule has 0 saturated carbocycles. The van der Waals surface area contributed by atoms with E-state index in [1.807, 2.05) is 0 Å². The highest BCUT2D eigenvalue weighted by atomic mass is 32.2. The molecule has 3 aromatic rings. The molecule has 0 aliphatic carbocycles. The monoisotopic (exact) mass is 351 g/mol. The van der Waals surface area contributed by atoms with Crippen molar-refractivity contribution < 1.29 is 17.2 Å². The van der Waals surface area contributed by atoms with E-state index in [0.29, 0.717) is 11.8 Å². The average molecular weight is 351 g/mol. The van der Waals surface area contributed by atoms with E-state index in [0.717, 1.165) is 12.1 Å². The zero-order valence-electron chi connectivity index (χ0n) is 12.4. The molecule has 1 aromatic carbocycles. The van der Waals surface area contributed by atoms with Crippen LogP contribution in [0.25, 0.3) is 11.5 Å². The van der Waals surface area contributed by atoms with E-state index in [1.54, 1.807) is 0 Å². The molecule has 24 heavy (non-hydrogen) atoms. The fourth-order valence-corrected chi connectivity index (χ4v) is 3.57. The lowest BCUT2D eigenvalue weighted by Gasteiger charge is -2.06. The van der Waals surface area contributed by atoms with Crippen LogP contribution in [0, 0.1) is 11.6 Å². The Morgan fingerprint density at radius 3 is 2.62 bits per heavy atom. The van der Waals surface area contributed by atoms with Crippen LogP contribution >= 0.6 is 0 Å². The van der Waals surface area contributed by atoms with Crippen molar-refractivity contribution in [2.24, 2.45) is 7.05 Å². The summed E-state index contributed by atoms with van der Waals surface area (Å²) in [5.41, 5.74) is 0.197. The molecular weight excluding hydrogens is 340 g/mol. The van der Waals surface area contributed by atoms with Gasteiger partial charge in [0.1, 0.15) is 17.3 Å². The van der Waals surface area contributed by atoms with Gasteiger partial charge in [-0.25, -0.2) is 22.2 Å². The van der Waals surface area contributed by atoms with Crippen LogP contribution in [0.15, 0.2) is 41.9 Å². The Labute approximate surface area is 135 Å². The van der Waals surface area contributed by atoms with Gasteiger partial charge >= 0.3 is 0 Å². The van der Waals surface area contributed by atoms with Gasteiger partial charge in [0.15, 0.2) is 5.82 Å². The predicted octanol–water partition coefficient (Wildman–Crippen LogP) is 1.52. The van der Waals surface area contributed by atoms with Crippen LogP contribution in [0.1, 0.15) is 5.56 Å². The van der Waals surface area contributed by atoms with E-state index in [4.69, 9.17) is 0 Å². The molecule has 0 radical (unpaired) electrons. The molecule has 0 aliphatic rings. The van der Waals surface area contributed by atoms with Crippen molar-refractivity contribution in [3.63, 3.8) is 0 Å². The molecule has 3 rings (SSSR count). The fraction of sp³-hybridized carbons (Fsp3) is 0.143. The number of nitrogens with zero attached hydrogens (tertiary/aromatic N) is 5. The Morgan fingerprint density at radius 1 is 1.17 bits per heavy atom. The lowest BCUT2D eigenvalue weighted by molar-refractivity contribution is 0.563. The summed E-state index contributed by atoms with van der Waals surface area (Å²) < 4.78 is 52.8. The molecular formula is C14H11F2N5O2S. The van der Waals surface area contributed by atoms with Crippen LogP contribution in [0.5, 0.6) is 0 Å². The Morgan fingerprint density at radius 2 is 1.96 bits per heavy atom. The second kappa shape index (κ2) is 6.04. The standard InChI is InChI=1S/C14H11F2N5O2S/c1-21-13(12-7-17-4-5-18-12)19-20-14(21)24(22,23)8-9-2-3-10(15)6-11(9)16/h2-7H,8H2,1H3. The first kappa shape index (κ1) is 16.1. The first-order chi connectivity index (χ1) is 11.4. The normalized spacial score (nSPS) is 11.6. The highest BCUT2D eigenvalue weighted by molar-refractivity contribution is 7.90. The molecule has 0 amide bonds. The Bertz CT molecular complexity index is 990. The number of sulfone groups is 1.